The minimum absolute atomic E-state index is 0.159. The van der Waals surface area contributed by atoms with Crippen molar-refractivity contribution in [3.05, 3.63) is 35.4 Å². The summed E-state index contributed by atoms with van der Waals surface area (Å²) in [6.07, 6.45) is 0. The third kappa shape index (κ3) is 2.15. The van der Waals surface area contributed by atoms with E-state index in [-0.39, 0.29) is 18.5 Å². The summed E-state index contributed by atoms with van der Waals surface area (Å²) in [5.41, 5.74) is 2.21. The van der Waals surface area contributed by atoms with Crippen LogP contribution < -0.4 is 5.32 Å². The van der Waals surface area contributed by atoms with Gasteiger partial charge in [-0.05, 0) is 12.5 Å². The number of hydrogen-bond acceptors (Lipinski definition) is 2. The Morgan fingerprint density at radius 3 is 2.47 bits per heavy atom. The summed E-state index contributed by atoms with van der Waals surface area (Å²) in [6.45, 7) is 2.65. The quantitative estimate of drug-likeness (QED) is 0.732. The summed E-state index contributed by atoms with van der Waals surface area (Å²) in [4.78, 5) is 23.7. The zero-order valence-corrected chi connectivity index (χ0v) is 8.49. The first-order valence-electron chi connectivity index (χ1n) is 4.79. The highest BCUT2D eigenvalue weighted by Crippen LogP contribution is 2.09. The van der Waals surface area contributed by atoms with Crippen molar-refractivity contribution in [3.63, 3.8) is 0 Å². The topological polar surface area (TPSA) is 49.4 Å². The third-order valence-corrected chi connectivity index (χ3v) is 2.36. The van der Waals surface area contributed by atoms with Crippen molar-refractivity contribution in [1.82, 2.24) is 10.2 Å². The van der Waals surface area contributed by atoms with Crippen molar-refractivity contribution in [2.24, 2.45) is 0 Å². The van der Waals surface area contributed by atoms with Gasteiger partial charge in [0.2, 0.25) is 5.91 Å². The van der Waals surface area contributed by atoms with Crippen LogP contribution in [0.2, 0.25) is 0 Å². The zero-order valence-electron chi connectivity index (χ0n) is 8.49. The van der Waals surface area contributed by atoms with E-state index in [1.807, 2.05) is 31.2 Å². The van der Waals surface area contributed by atoms with Gasteiger partial charge in [0.1, 0.15) is 6.54 Å². The first-order chi connectivity index (χ1) is 7.15. The van der Waals surface area contributed by atoms with E-state index >= 15 is 0 Å². The smallest absolute Gasteiger partial charge is 0.311 e. The zero-order chi connectivity index (χ0) is 10.8. The fourth-order valence-electron chi connectivity index (χ4n) is 1.52. The highest BCUT2D eigenvalue weighted by molar-refractivity contribution is 6.01. The van der Waals surface area contributed by atoms with Crippen LogP contribution in [0.5, 0.6) is 0 Å². The van der Waals surface area contributed by atoms with Gasteiger partial charge in [0.25, 0.3) is 0 Å². The summed E-state index contributed by atoms with van der Waals surface area (Å²) in [7, 11) is 0. The molecule has 4 heteroatoms. The van der Waals surface area contributed by atoms with Crippen LogP contribution in [-0.4, -0.2) is 23.4 Å². The SMILES string of the molecule is Cc1ccc(CN2CC(=O)NC2=O)cc1. The Morgan fingerprint density at radius 1 is 1.27 bits per heavy atom. The number of aryl methyl sites for hydroxylation is 1. The van der Waals surface area contributed by atoms with Gasteiger partial charge in [0, 0.05) is 6.54 Å². The Labute approximate surface area is 87.9 Å². The van der Waals surface area contributed by atoms with Crippen LogP contribution in [-0.2, 0) is 11.3 Å². The summed E-state index contributed by atoms with van der Waals surface area (Å²) < 4.78 is 0. The molecule has 1 aliphatic heterocycles. The highest BCUT2D eigenvalue weighted by Gasteiger charge is 2.26. The summed E-state index contributed by atoms with van der Waals surface area (Å²) in [6, 6.07) is 7.60. The van der Waals surface area contributed by atoms with Crippen LogP contribution in [0.3, 0.4) is 0 Å². The molecule has 1 aliphatic rings. The largest absolute Gasteiger partial charge is 0.324 e. The second-order valence-corrected chi connectivity index (χ2v) is 3.69. The van der Waals surface area contributed by atoms with Crippen molar-refractivity contribution >= 4 is 11.9 Å². The lowest BCUT2D eigenvalue weighted by molar-refractivity contribution is -0.118. The van der Waals surface area contributed by atoms with Gasteiger partial charge < -0.3 is 4.90 Å². The molecule has 0 saturated carbocycles. The molecule has 2 rings (SSSR count). The van der Waals surface area contributed by atoms with Gasteiger partial charge in [-0.15, -0.1) is 0 Å². The molecule has 1 N–H and O–H groups in total. The number of rotatable bonds is 2. The van der Waals surface area contributed by atoms with Crippen LogP contribution in [0, 0.1) is 6.92 Å². The van der Waals surface area contributed by atoms with Gasteiger partial charge in [-0.2, -0.15) is 0 Å². The molecular weight excluding hydrogens is 192 g/mol. The number of carbonyl (C=O) groups excluding carboxylic acids is 2. The van der Waals surface area contributed by atoms with Crippen LogP contribution in [0.25, 0.3) is 0 Å². The molecule has 0 unspecified atom stereocenters. The normalized spacial score (nSPS) is 15.7. The minimum atomic E-state index is -0.305. The van der Waals surface area contributed by atoms with E-state index in [0.717, 1.165) is 5.56 Å². The number of hydrogen-bond donors (Lipinski definition) is 1. The molecule has 4 nitrogen and oxygen atoms in total. The van der Waals surface area contributed by atoms with Gasteiger partial charge in [0.05, 0.1) is 0 Å². The molecule has 78 valence electrons. The van der Waals surface area contributed by atoms with Gasteiger partial charge >= 0.3 is 6.03 Å². The van der Waals surface area contributed by atoms with E-state index in [2.05, 4.69) is 5.32 Å². The number of benzene rings is 1. The minimum Gasteiger partial charge on any atom is -0.311 e. The van der Waals surface area contributed by atoms with Crippen LogP contribution in [0.1, 0.15) is 11.1 Å². The molecule has 0 aromatic heterocycles. The maximum absolute atomic E-state index is 11.2. The third-order valence-electron chi connectivity index (χ3n) is 2.36. The van der Waals surface area contributed by atoms with Crippen molar-refractivity contribution < 1.29 is 9.59 Å². The lowest BCUT2D eigenvalue weighted by Crippen LogP contribution is -2.27. The first kappa shape index (κ1) is 9.71. The highest BCUT2D eigenvalue weighted by atomic mass is 16.2. The fourth-order valence-corrected chi connectivity index (χ4v) is 1.52. The second kappa shape index (κ2) is 3.73. The first-order valence-corrected chi connectivity index (χ1v) is 4.79. The van der Waals surface area contributed by atoms with E-state index in [1.54, 1.807) is 0 Å². The Kier molecular flexibility index (Phi) is 2.41. The lowest BCUT2D eigenvalue weighted by atomic mass is 10.1. The Hall–Kier alpha value is -1.84. The maximum atomic E-state index is 11.2. The van der Waals surface area contributed by atoms with E-state index in [0.29, 0.717) is 6.54 Å². The molecular formula is C11H12N2O2. The molecule has 1 aromatic rings. The predicted molar refractivity (Wildman–Crippen MR) is 55.1 cm³/mol. The standard InChI is InChI=1S/C11H12N2O2/c1-8-2-4-9(5-3-8)6-13-7-10(14)12-11(13)15/h2-5H,6-7H2,1H3,(H,12,14,15). The molecule has 1 heterocycles. The van der Waals surface area contributed by atoms with Gasteiger partial charge in [-0.25, -0.2) is 4.79 Å². The van der Waals surface area contributed by atoms with Crippen LogP contribution in [0.15, 0.2) is 24.3 Å². The van der Waals surface area contributed by atoms with Crippen LogP contribution in [0.4, 0.5) is 4.79 Å². The molecule has 1 fully saturated rings. The second-order valence-electron chi connectivity index (χ2n) is 3.69. The van der Waals surface area contributed by atoms with E-state index in [4.69, 9.17) is 0 Å². The Bertz CT molecular complexity index is 398. The summed E-state index contributed by atoms with van der Waals surface area (Å²) >= 11 is 0. The number of nitrogens with one attached hydrogen (secondary N) is 1. The molecule has 1 aromatic carbocycles. The number of imide groups is 1. The molecule has 3 amide bonds. The number of carbonyl (C=O) groups is 2. The summed E-state index contributed by atoms with van der Waals surface area (Å²) in [5, 5.41) is 2.25. The number of urea groups is 1. The van der Waals surface area contributed by atoms with Gasteiger partial charge in [-0.3, -0.25) is 10.1 Å². The van der Waals surface area contributed by atoms with Crippen molar-refractivity contribution in [2.75, 3.05) is 6.54 Å². The molecule has 0 atom stereocenters. The number of amides is 3. The van der Waals surface area contributed by atoms with E-state index in [1.165, 1.54) is 10.5 Å². The van der Waals surface area contributed by atoms with Crippen molar-refractivity contribution in [3.8, 4) is 0 Å². The monoisotopic (exact) mass is 204 g/mol. The van der Waals surface area contributed by atoms with Gasteiger partial charge in [0.15, 0.2) is 0 Å². The molecule has 0 radical (unpaired) electrons. The molecule has 0 aliphatic carbocycles. The van der Waals surface area contributed by atoms with Gasteiger partial charge in [-0.1, -0.05) is 29.8 Å². The molecule has 0 spiro atoms. The van der Waals surface area contributed by atoms with Crippen molar-refractivity contribution in [1.29, 1.82) is 0 Å². The lowest BCUT2D eigenvalue weighted by Gasteiger charge is -2.12. The van der Waals surface area contributed by atoms with Crippen molar-refractivity contribution in [2.45, 2.75) is 13.5 Å². The predicted octanol–water partition coefficient (Wildman–Crippen LogP) is 1.05. The van der Waals surface area contributed by atoms with E-state index < -0.39 is 0 Å². The molecule has 0 bridgehead atoms. The fraction of sp³-hybridized carbons (Fsp3) is 0.273. The summed E-state index contributed by atoms with van der Waals surface area (Å²) in [5.74, 6) is -0.230. The van der Waals surface area contributed by atoms with Crippen LogP contribution >= 0.6 is 0 Å². The Morgan fingerprint density at radius 2 is 1.93 bits per heavy atom. The number of nitrogens with zero attached hydrogens (tertiary/aromatic N) is 1. The molecule has 15 heavy (non-hydrogen) atoms. The average Bonchev–Trinajstić information content (AvgIpc) is 2.49. The Balaban J connectivity index is 2.06. The molecule has 1 saturated heterocycles. The maximum Gasteiger partial charge on any atom is 0.324 e. The average molecular weight is 204 g/mol. The van der Waals surface area contributed by atoms with E-state index in [9.17, 15) is 9.59 Å².